The predicted octanol–water partition coefficient (Wildman–Crippen LogP) is 0.154. The van der Waals surface area contributed by atoms with Crippen molar-refractivity contribution in [2.45, 2.75) is 19.9 Å². The highest BCUT2D eigenvalue weighted by atomic mass is 16.5. The molecular weight excluding hydrogens is 194 g/mol. The Balaban J connectivity index is 4.11. The molecule has 1 amide bonds. The SMILES string of the molecule is COCCN/C=C(/C#N)C(=O)NC(C)C. The third kappa shape index (κ3) is 6.52. The van der Waals surface area contributed by atoms with Crippen molar-refractivity contribution in [3.05, 3.63) is 11.8 Å². The van der Waals surface area contributed by atoms with Crippen LogP contribution in [0.15, 0.2) is 11.8 Å². The van der Waals surface area contributed by atoms with Gasteiger partial charge in [0.25, 0.3) is 5.91 Å². The lowest BCUT2D eigenvalue weighted by Crippen LogP contribution is -2.31. The summed E-state index contributed by atoms with van der Waals surface area (Å²) in [5.41, 5.74) is 0.0693. The van der Waals surface area contributed by atoms with Crippen LogP contribution in [0.4, 0.5) is 0 Å². The molecule has 0 aromatic carbocycles. The van der Waals surface area contributed by atoms with Crippen molar-refractivity contribution in [3.8, 4) is 6.07 Å². The van der Waals surface area contributed by atoms with Crippen LogP contribution in [-0.4, -0.2) is 32.2 Å². The second-order valence-electron chi connectivity index (χ2n) is 3.24. The third-order valence-corrected chi connectivity index (χ3v) is 1.48. The van der Waals surface area contributed by atoms with Gasteiger partial charge >= 0.3 is 0 Å². The zero-order valence-corrected chi connectivity index (χ0v) is 9.33. The highest BCUT2D eigenvalue weighted by molar-refractivity contribution is 5.97. The molecule has 0 aromatic heterocycles. The van der Waals surface area contributed by atoms with Crippen molar-refractivity contribution >= 4 is 5.91 Å². The fraction of sp³-hybridized carbons (Fsp3) is 0.600. The first-order valence-corrected chi connectivity index (χ1v) is 4.75. The van der Waals surface area contributed by atoms with Gasteiger partial charge in [-0.3, -0.25) is 4.79 Å². The lowest BCUT2D eigenvalue weighted by Gasteiger charge is -2.07. The summed E-state index contributed by atoms with van der Waals surface area (Å²) in [7, 11) is 1.59. The zero-order chi connectivity index (χ0) is 11.7. The lowest BCUT2D eigenvalue weighted by atomic mass is 10.2. The quantitative estimate of drug-likeness (QED) is 0.373. The number of amides is 1. The summed E-state index contributed by atoms with van der Waals surface area (Å²) in [6.45, 7) is 4.77. The van der Waals surface area contributed by atoms with Crippen LogP contribution in [0.25, 0.3) is 0 Å². The number of hydrogen-bond donors (Lipinski definition) is 2. The third-order valence-electron chi connectivity index (χ3n) is 1.48. The van der Waals surface area contributed by atoms with E-state index < -0.39 is 0 Å². The number of carbonyl (C=O) groups excluding carboxylic acids is 1. The second-order valence-corrected chi connectivity index (χ2v) is 3.24. The van der Waals surface area contributed by atoms with Crippen LogP contribution in [0.1, 0.15) is 13.8 Å². The van der Waals surface area contributed by atoms with E-state index in [9.17, 15) is 4.79 Å². The molecule has 0 spiro atoms. The van der Waals surface area contributed by atoms with Crippen molar-refractivity contribution in [3.63, 3.8) is 0 Å². The van der Waals surface area contributed by atoms with Gasteiger partial charge in [0.15, 0.2) is 0 Å². The Hall–Kier alpha value is -1.54. The largest absolute Gasteiger partial charge is 0.387 e. The maximum Gasteiger partial charge on any atom is 0.263 e. The fourth-order valence-corrected chi connectivity index (χ4v) is 0.824. The van der Waals surface area contributed by atoms with Crippen LogP contribution in [0.3, 0.4) is 0 Å². The van der Waals surface area contributed by atoms with E-state index in [4.69, 9.17) is 10.00 Å². The Kier molecular flexibility index (Phi) is 7.02. The number of hydrogen-bond acceptors (Lipinski definition) is 4. The van der Waals surface area contributed by atoms with E-state index in [0.717, 1.165) is 0 Å². The molecule has 0 fully saturated rings. The van der Waals surface area contributed by atoms with E-state index in [1.54, 1.807) is 7.11 Å². The topological polar surface area (TPSA) is 74.1 Å². The molecule has 0 heterocycles. The van der Waals surface area contributed by atoms with Gasteiger partial charge in [-0.15, -0.1) is 0 Å². The van der Waals surface area contributed by atoms with Gasteiger partial charge in [0, 0.05) is 25.9 Å². The van der Waals surface area contributed by atoms with Crippen LogP contribution >= 0.6 is 0 Å². The van der Waals surface area contributed by atoms with Gasteiger partial charge in [0.05, 0.1) is 6.61 Å². The molecule has 0 saturated carbocycles. The Morgan fingerprint density at radius 3 is 2.73 bits per heavy atom. The minimum atomic E-state index is -0.364. The van der Waals surface area contributed by atoms with Gasteiger partial charge in [0.2, 0.25) is 0 Å². The number of nitrogens with zero attached hydrogens (tertiary/aromatic N) is 1. The molecule has 84 valence electrons. The predicted molar refractivity (Wildman–Crippen MR) is 56.9 cm³/mol. The highest BCUT2D eigenvalue weighted by Crippen LogP contribution is 1.91. The van der Waals surface area contributed by atoms with Crippen LogP contribution in [0.5, 0.6) is 0 Å². The summed E-state index contributed by atoms with van der Waals surface area (Å²) in [5, 5.41) is 14.2. The Bertz CT molecular complexity index is 266. The number of nitrogens with one attached hydrogen (secondary N) is 2. The van der Waals surface area contributed by atoms with Crippen molar-refractivity contribution in [1.29, 1.82) is 5.26 Å². The second kappa shape index (κ2) is 7.83. The number of nitriles is 1. The van der Waals surface area contributed by atoms with Crippen molar-refractivity contribution in [2.75, 3.05) is 20.3 Å². The summed E-state index contributed by atoms with van der Waals surface area (Å²) >= 11 is 0. The van der Waals surface area contributed by atoms with Gasteiger partial charge in [-0.25, -0.2) is 0 Å². The average molecular weight is 211 g/mol. The fourth-order valence-electron chi connectivity index (χ4n) is 0.824. The van der Waals surface area contributed by atoms with Gasteiger partial charge in [0.1, 0.15) is 11.6 Å². The molecular formula is C10H17N3O2. The van der Waals surface area contributed by atoms with Crippen molar-refractivity contribution < 1.29 is 9.53 Å². The van der Waals surface area contributed by atoms with E-state index in [0.29, 0.717) is 13.2 Å². The molecule has 0 rings (SSSR count). The first-order chi connectivity index (χ1) is 7.11. The summed E-state index contributed by atoms with van der Waals surface area (Å²) in [6.07, 6.45) is 1.40. The van der Waals surface area contributed by atoms with Crippen LogP contribution in [0.2, 0.25) is 0 Å². The van der Waals surface area contributed by atoms with Crippen molar-refractivity contribution in [2.24, 2.45) is 0 Å². The Labute approximate surface area is 90.1 Å². The molecule has 5 nitrogen and oxygen atoms in total. The monoisotopic (exact) mass is 211 g/mol. The molecule has 0 atom stereocenters. The minimum absolute atomic E-state index is 0.0215. The first kappa shape index (κ1) is 13.5. The van der Waals surface area contributed by atoms with Crippen LogP contribution in [0, 0.1) is 11.3 Å². The van der Waals surface area contributed by atoms with Crippen molar-refractivity contribution in [1.82, 2.24) is 10.6 Å². The molecule has 15 heavy (non-hydrogen) atoms. The Morgan fingerprint density at radius 1 is 1.60 bits per heavy atom. The molecule has 0 aliphatic carbocycles. The maximum atomic E-state index is 11.4. The summed E-state index contributed by atoms with van der Waals surface area (Å²) in [4.78, 5) is 11.4. The number of methoxy groups -OCH3 is 1. The van der Waals surface area contributed by atoms with Gasteiger partial charge < -0.3 is 15.4 Å². The molecule has 2 N–H and O–H groups in total. The van der Waals surface area contributed by atoms with Crippen LogP contribution in [-0.2, 0) is 9.53 Å². The molecule has 0 aromatic rings. The molecule has 0 aliphatic heterocycles. The van der Waals surface area contributed by atoms with E-state index in [2.05, 4.69) is 10.6 Å². The van der Waals surface area contributed by atoms with E-state index in [1.807, 2.05) is 19.9 Å². The molecule has 0 bridgehead atoms. The lowest BCUT2D eigenvalue weighted by molar-refractivity contribution is -0.117. The highest BCUT2D eigenvalue weighted by Gasteiger charge is 2.08. The zero-order valence-electron chi connectivity index (χ0n) is 9.33. The number of rotatable bonds is 6. The number of carbonyl (C=O) groups is 1. The van der Waals surface area contributed by atoms with Gasteiger partial charge in [-0.2, -0.15) is 5.26 Å². The standard InChI is InChI=1S/C10H17N3O2/c1-8(2)13-10(14)9(6-11)7-12-4-5-15-3/h7-8,12H,4-5H2,1-3H3,(H,13,14)/b9-7-. The minimum Gasteiger partial charge on any atom is -0.387 e. The average Bonchev–Trinajstić information content (AvgIpc) is 2.16. The molecule has 0 saturated heterocycles. The normalized spacial score (nSPS) is 11.0. The molecule has 0 unspecified atom stereocenters. The van der Waals surface area contributed by atoms with E-state index >= 15 is 0 Å². The molecule has 0 radical (unpaired) electrons. The number of ether oxygens (including phenoxy) is 1. The van der Waals surface area contributed by atoms with E-state index in [1.165, 1.54) is 6.20 Å². The summed E-state index contributed by atoms with van der Waals surface area (Å²) in [5.74, 6) is -0.364. The smallest absolute Gasteiger partial charge is 0.263 e. The van der Waals surface area contributed by atoms with Gasteiger partial charge in [-0.1, -0.05) is 0 Å². The van der Waals surface area contributed by atoms with Crippen LogP contribution < -0.4 is 10.6 Å². The van der Waals surface area contributed by atoms with E-state index in [-0.39, 0.29) is 17.5 Å². The van der Waals surface area contributed by atoms with Gasteiger partial charge in [-0.05, 0) is 13.8 Å². The summed E-state index contributed by atoms with van der Waals surface area (Å²) < 4.78 is 4.81. The molecule has 0 aliphatic rings. The first-order valence-electron chi connectivity index (χ1n) is 4.75. The molecule has 5 heteroatoms. The summed E-state index contributed by atoms with van der Waals surface area (Å²) in [6, 6.07) is 1.85. The Morgan fingerprint density at radius 2 is 2.27 bits per heavy atom. The maximum absolute atomic E-state index is 11.4.